The van der Waals surface area contributed by atoms with Crippen LogP contribution < -0.4 is 10.1 Å². The molecule has 1 aromatic rings. The van der Waals surface area contributed by atoms with Gasteiger partial charge in [-0.3, -0.25) is 0 Å². The van der Waals surface area contributed by atoms with Crippen LogP contribution in [0.4, 0.5) is 5.69 Å². The molecule has 0 spiro atoms. The zero-order chi connectivity index (χ0) is 14.0. The van der Waals surface area contributed by atoms with E-state index in [0.717, 1.165) is 33.2 Å². The van der Waals surface area contributed by atoms with Gasteiger partial charge >= 0.3 is 0 Å². The maximum Gasteiger partial charge on any atom is 0.135 e. The number of methoxy groups -OCH3 is 1. The molecular weight excluding hydrogens is 374 g/mol. The molecule has 1 aliphatic heterocycles. The number of benzene rings is 1. The molecule has 19 heavy (non-hydrogen) atoms. The Morgan fingerprint density at radius 1 is 1.16 bits per heavy atom. The van der Waals surface area contributed by atoms with Crippen LogP contribution >= 0.6 is 31.9 Å². The summed E-state index contributed by atoms with van der Waals surface area (Å²) >= 11 is 7.07. The molecule has 1 N–H and O–H groups in total. The summed E-state index contributed by atoms with van der Waals surface area (Å²) in [5.41, 5.74) is 1.06. The summed E-state index contributed by atoms with van der Waals surface area (Å²) in [5, 5.41) is 3.58. The van der Waals surface area contributed by atoms with Gasteiger partial charge in [0.25, 0.3) is 0 Å². The third kappa shape index (κ3) is 3.86. The van der Waals surface area contributed by atoms with E-state index in [9.17, 15) is 0 Å². The fourth-order valence-electron chi connectivity index (χ4n) is 2.54. The average Bonchev–Trinajstić information content (AvgIpc) is 2.31. The van der Waals surface area contributed by atoms with Crippen molar-refractivity contribution >= 4 is 37.5 Å². The van der Waals surface area contributed by atoms with Crippen molar-refractivity contribution in [1.82, 2.24) is 0 Å². The first-order valence-electron chi connectivity index (χ1n) is 6.44. The minimum absolute atomic E-state index is 0.303. The van der Waals surface area contributed by atoms with Gasteiger partial charge < -0.3 is 14.8 Å². The Labute approximate surface area is 131 Å². The molecule has 2 unspecified atom stereocenters. The van der Waals surface area contributed by atoms with Crippen LogP contribution in [0.5, 0.6) is 5.75 Å². The lowest BCUT2D eigenvalue weighted by Gasteiger charge is -2.33. The molecule has 0 aromatic heterocycles. The van der Waals surface area contributed by atoms with E-state index < -0.39 is 0 Å². The first-order chi connectivity index (χ1) is 8.99. The second-order valence-corrected chi connectivity index (χ2v) is 6.75. The van der Waals surface area contributed by atoms with Crippen LogP contribution in [0.1, 0.15) is 26.7 Å². The molecule has 5 heteroatoms. The summed E-state index contributed by atoms with van der Waals surface area (Å²) in [6, 6.07) is 4.45. The SMILES string of the molecule is COc1cc(NC2CC(C)OC(C)C2)c(Br)cc1Br. The van der Waals surface area contributed by atoms with Crippen molar-refractivity contribution in [2.24, 2.45) is 0 Å². The summed E-state index contributed by atoms with van der Waals surface area (Å²) in [4.78, 5) is 0. The van der Waals surface area contributed by atoms with Crippen LogP contribution in [0, 0.1) is 0 Å². The Morgan fingerprint density at radius 2 is 1.79 bits per heavy atom. The van der Waals surface area contributed by atoms with Crippen LogP contribution in [-0.4, -0.2) is 25.4 Å². The zero-order valence-electron chi connectivity index (χ0n) is 11.4. The Morgan fingerprint density at radius 3 is 2.37 bits per heavy atom. The monoisotopic (exact) mass is 391 g/mol. The summed E-state index contributed by atoms with van der Waals surface area (Å²) in [6.07, 6.45) is 2.65. The fraction of sp³-hybridized carbons (Fsp3) is 0.571. The molecule has 2 rings (SSSR count). The maximum absolute atomic E-state index is 5.76. The highest BCUT2D eigenvalue weighted by atomic mass is 79.9. The lowest BCUT2D eigenvalue weighted by molar-refractivity contribution is -0.0337. The van der Waals surface area contributed by atoms with Crippen molar-refractivity contribution in [2.45, 2.75) is 44.9 Å². The fourth-order valence-corrected chi connectivity index (χ4v) is 3.81. The second kappa shape index (κ2) is 6.46. The summed E-state index contributed by atoms with van der Waals surface area (Å²) in [6.45, 7) is 4.25. The van der Waals surface area contributed by atoms with Gasteiger partial charge in [0.15, 0.2) is 0 Å². The van der Waals surface area contributed by atoms with E-state index in [-0.39, 0.29) is 0 Å². The Kier molecular flexibility index (Phi) is 5.15. The van der Waals surface area contributed by atoms with Crippen molar-refractivity contribution in [3.05, 3.63) is 21.1 Å². The lowest BCUT2D eigenvalue weighted by atomic mass is 9.99. The second-order valence-electron chi connectivity index (χ2n) is 5.04. The lowest BCUT2D eigenvalue weighted by Crippen LogP contribution is -2.36. The number of rotatable bonds is 3. The van der Waals surface area contributed by atoms with E-state index in [4.69, 9.17) is 9.47 Å². The normalized spacial score (nSPS) is 27.1. The Hall–Kier alpha value is -0.260. The molecule has 1 aromatic carbocycles. The predicted octanol–water partition coefficient (Wildman–Crippen LogP) is 4.59. The highest BCUT2D eigenvalue weighted by Gasteiger charge is 2.24. The van der Waals surface area contributed by atoms with Crippen LogP contribution in [-0.2, 0) is 4.74 Å². The number of nitrogens with one attached hydrogen (secondary N) is 1. The minimum atomic E-state index is 0.303. The molecule has 1 aliphatic rings. The Bertz CT molecular complexity index is 443. The highest BCUT2D eigenvalue weighted by Crippen LogP contribution is 2.35. The van der Waals surface area contributed by atoms with Crippen molar-refractivity contribution in [3.63, 3.8) is 0 Å². The van der Waals surface area contributed by atoms with E-state index in [1.165, 1.54) is 0 Å². The van der Waals surface area contributed by atoms with Crippen LogP contribution in [0.25, 0.3) is 0 Å². The first-order valence-corrected chi connectivity index (χ1v) is 8.03. The zero-order valence-corrected chi connectivity index (χ0v) is 14.5. The molecule has 0 amide bonds. The molecular formula is C14H19Br2NO2. The van der Waals surface area contributed by atoms with Crippen LogP contribution in [0.15, 0.2) is 21.1 Å². The van der Waals surface area contributed by atoms with Gasteiger partial charge in [-0.15, -0.1) is 0 Å². The molecule has 0 saturated carbocycles. The third-order valence-corrected chi connectivity index (χ3v) is 4.57. The molecule has 106 valence electrons. The number of ether oxygens (including phenoxy) is 2. The standard InChI is InChI=1S/C14H19Br2NO2/c1-8-4-10(5-9(2)19-8)17-13-7-14(18-3)12(16)6-11(13)15/h6-10,17H,4-5H2,1-3H3. The van der Waals surface area contributed by atoms with Gasteiger partial charge in [0, 0.05) is 16.6 Å². The maximum atomic E-state index is 5.76. The largest absolute Gasteiger partial charge is 0.495 e. The van der Waals surface area contributed by atoms with Crippen molar-refractivity contribution in [2.75, 3.05) is 12.4 Å². The number of hydrogen-bond donors (Lipinski definition) is 1. The summed E-state index contributed by atoms with van der Waals surface area (Å²) in [5.74, 6) is 0.832. The first kappa shape index (κ1) is 15.1. The van der Waals surface area contributed by atoms with Gasteiger partial charge in [-0.05, 0) is 64.6 Å². The highest BCUT2D eigenvalue weighted by molar-refractivity contribution is 9.11. The van der Waals surface area contributed by atoms with Gasteiger partial charge in [-0.2, -0.15) is 0 Å². The van der Waals surface area contributed by atoms with Gasteiger partial charge in [0.1, 0.15) is 5.75 Å². The van der Waals surface area contributed by atoms with Crippen molar-refractivity contribution < 1.29 is 9.47 Å². The molecule has 3 nitrogen and oxygen atoms in total. The number of anilines is 1. The molecule has 1 saturated heterocycles. The molecule has 1 fully saturated rings. The summed E-state index contributed by atoms with van der Waals surface area (Å²) < 4.78 is 13.1. The third-order valence-electron chi connectivity index (χ3n) is 3.30. The van der Waals surface area contributed by atoms with E-state index in [0.29, 0.717) is 18.2 Å². The van der Waals surface area contributed by atoms with Gasteiger partial charge in [0.05, 0.1) is 29.5 Å². The van der Waals surface area contributed by atoms with Gasteiger partial charge in [0.2, 0.25) is 0 Å². The molecule has 0 bridgehead atoms. The molecule has 1 heterocycles. The number of halogens is 2. The Balaban J connectivity index is 2.14. The van der Waals surface area contributed by atoms with Crippen LogP contribution in [0.3, 0.4) is 0 Å². The topological polar surface area (TPSA) is 30.5 Å². The average molecular weight is 393 g/mol. The molecule has 2 atom stereocenters. The predicted molar refractivity (Wildman–Crippen MR) is 85.0 cm³/mol. The van der Waals surface area contributed by atoms with E-state index in [1.807, 2.05) is 12.1 Å². The quantitative estimate of drug-likeness (QED) is 0.815. The van der Waals surface area contributed by atoms with E-state index in [1.54, 1.807) is 7.11 Å². The van der Waals surface area contributed by atoms with Crippen LogP contribution in [0.2, 0.25) is 0 Å². The number of hydrogen-bond acceptors (Lipinski definition) is 3. The molecule has 0 radical (unpaired) electrons. The smallest absolute Gasteiger partial charge is 0.135 e. The van der Waals surface area contributed by atoms with Gasteiger partial charge in [-0.1, -0.05) is 0 Å². The van der Waals surface area contributed by atoms with Crippen molar-refractivity contribution in [3.8, 4) is 5.75 Å². The summed E-state index contributed by atoms with van der Waals surface area (Å²) in [7, 11) is 1.68. The molecule has 0 aliphatic carbocycles. The van der Waals surface area contributed by atoms with E-state index in [2.05, 4.69) is 51.0 Å². The minimum Gasteiger partial charge on any atom is -0.495 e. The van der Waals surface area contributed by atoms with Gasteiger partial charge in [-0.25, -0.2) is 0 Å². The van der Waals surface area contributed by atoms with Crippen molar-refractivity contribution in [1.29, 1.82) is 0 Å². The van der Waals surface area contributed by atoms with E-state index >= 15 is 0 Å².